The number of ether oxygens (including phenoxy) is 1. The molecule has 3 aromatic carbocycles. The third-order valence-electron chi connectivity index (χ3n) is 4.95. The first-order valence-electron chi connectivity index (χ1n) is 10.0. The summed E-state index contributed by atoms with van der Waals surface area (Å²) < 4.78 is 5.23. The number of benzene rings is 3. The van der Waals surface area contributed by atoms with Crippen LogP contribution >= 0.6 is 11.8 Å². The monoisotopic (exact) mass is 446 g/mol. The van der Waals surface area contributed by atoms with E-state index in [-0.39, 0.29) is 24.0 Å². The normalized spacial score (nSPS) is 16.9. The molecule has 1 saturated heterocycles. The van der Waals surface area contributed by atoms with E-state index in [0.29, 0.717) is 10.7 Å². The van der Waals surface area contributed by atoms with Gasteiger partial charge in [0.1, 0.15) is 16.9 Å². The highest BCUT2D eigenvalue weighted by molar-refractivity contribution is 8.04. The van der Waals surface area contributed by atoms with Crippen molar-refractivity contribution in [1.82, 2.24) is 10.4 Å². The fourth-order valence-corrected chi connectivity index (χ4v) is 4.51. The average Bonchev–Trinajstić information content (AvgIpc) is 3.11. The van der Waals surface area contributed by atoms with Crippen LogP contribution in [0.4, 0.5) is 0 Å². The fourth-order valence-electron chi connectivity index (χ4n) is 3.32. The Balaban J connectivity index is 1.60. The van der Waals surface area contributed by atoms with Gasteiger partial charge in [-0.1, -0.05) is 66.4 Å². The van der Waals surface area contributed by atoms with E-state index in [2.05, 4.69) is 5.43 Å². The lowest BCUT2D eigenvalue weighted by Crippen LogP contribution is -2.44. The van der Waals surface area contributed by atoms with Gasteiger partial charge >= 0.3 is 0 Å². The maximum atomic E-state index is 13.2. The van der Waals surface area contributed by atoms with Gasteiger partial charge < -0.3 is 9.84 Å². The molecule has 162 valence electrons. The highest BCUT2D eigenvalue weighted by Crippen LogP contribution is 2.45. The molecule has 32 heavy (non-hydrogen) atoms. The van der Waals surface area contributed by atoms with Gasteiger partial charge in [0.25, 0.3) is 5.91 Å². The third kappa shape index (κ3) is 4.95. The molecule has 0 saturated carbocycles. The van der Waals surface area contributed by atoms with Crippen LogP contribution in [-0.4, -0.2) is 29.0 Å². The second kappa shape index (κ2) is 9.62. The molecule has 2 N–H and O–H groups in total. The molecule has 0 radical (unpaired) electrons. The van der Waals surface area contributed by atoms with Crippen molar-refractivity contribution < 1.29 is 19.4 Å². The van der Waals surface area contributed by atoms with Crippen molar-refractivity contribution in [2.75, 3.05) is 7.11 Å². The molecule has 0 spiro atoms. The smallest absolute Gasteiger partial charge is 0.280 e. The summed E-state index contributed by atoms with van der Waals surface area (Å²) in [5.74, 6) is 0.311. The van der Waals surface area contributed by atoms with Gasteiger partial charge in [-0.05, 0) is 47.0 Å². The SMILES string of the molecule is COc1ccc(C2S/C(=C\c3ccc(O)cc3)C(=O)N2NC(=O)Cc2ccccc2)cc1. The van der Waals surface area contributed by atoms with Gasteiger partial charge in [-0.15, -0.1) is 0 Å². The molecule has 0 bridgehead atoms. The standard InChI is InChI=1S/C25H22N2O4S/c1-31-21-13-9-19(10-14-21)25-27(26-23(29)16-17-5-3-2-4-6-17)24(30)22(32-25)15-18-7-11-20(28)12-8-18/h2-15,25,28H,16H2,1H3,(H,26,29)/b22-15-. The van der Waals surface area contributed by atoms with Crippen LogP contribution < -0.4 is 10.2 Å². The Morgan fingerprint density at radius 3 is 2.41 bits per heavy atom. The minimum absolute atomic E-state index is 0.156. The zero-order valence-corrected chi connectivity index (χ0v) is 18.2. The van der Waals surface area contributed by atoms with E-state index in [1.165, 1.54) is 16.8 Å². The molecule has 4 rings (SSSR count). The van der Waals surface area contributed by atoms with Gasteiger partial charge in [-0.3, -0.25) is 15.0 Å². The van der Waals surface area contributed by atoms with E-state index in [1.54, 1.807) is 37.5 Å². The summed E-state index contributed by atoms with van der Waals surface area (Å²) in [6, 6.07) is 23.4. The molecule has 3 aromatic rings. The maximum absolute atomic E-state index is 13.2. The average molecular weight is 447 g/mol. The number of carbonyl (C=O) groups excluding carboxylic acids is 2. The first-order chi connectivity index (χ1) is 15.5. The highest BCUT2D eigenvalue weighted by Gasteiger charge is 2.38. The lowest BCUT2D eigenvalue weighted by molar-refractivity contribution is -0.137. The Kier molecular flexibility index (Phi) is 6.47. The molecule has 1 aliphatic heterocycles. The molecule has 2 amide bonds. The van der Waals surface area contributed by atoms with Gasteiger partial charge in [-0.2, -0.15) is 0 Å². The lowest BCUT2D eigenvalue weighted by Gasteiger charge is -2.24. The van der Waals surface area contributed by atoms with E-state index in [9.17, 15) is 14.7 Å². The minimum atomic E-state index is -0.420. The van der Waals surface area contributed by atoms with Crippen molar-refractivity contribution >= 4 is 29.7 Å². The number of hydrogen-bond acceptors (Lipinski definition) is 5. The lowest BCUT2D eigenvalue weighted by atomic mass is 10.1. The Bertz CT molecular complexity index is 1130. The Labute approximate surface area is 190 Å². The molecule has 7 heteroatoms. The molecular formula is C25H22N2O4S. The largest absolute Gasteiger partial charge is 0.508 e. The summed E-state index contributed by atoms with van der Waals surface area (Å²) in [7, 11) is 1.59. The van der Waals surface area contributed by atoms with Gasteiger partial charge in [0.15, 0.2) is 0 Å². The van der Waals surface area contributed by atoms with Crippen LogP contribution in [0.1, 0.15) is 22.1 Å². The molecular weight excluding hydrogens is 424 g/mol. The number of nitrogens with one attached hydrogen (secondary N) is 1. The predicted octanol–water partition coefficient (Wildman–Crippen LogP) is 4.29. The number of thioether (sulfide) groups is 1. The van der Waals surface area contributed by atoms with E-state index < -0.39 is 5.37 Å². The molecule has 1 atom stereocenters. The number of carbonyl (C=O) groups is 2. The Morgan fingerprint density at radius 2 is 1.75 bits per heavy atom. The van der Waals surface area contributed by atoms with Crippen LogP contribution in [0.25, 0.3) is 6.08 Å². The number of hydrogen-bond donors (Lipinski definition) is 2. The predicted molar refractivity (Wildman–Crippen MR) is 125 cm³/mol. The Morgan fingerprint density at radius 1 is 1.06 bits per heavy atom. The van der Waals surface area contributed by atoms with E-state index >= 15 is 0 Å². The maximum Gasteiger partial charge on any atom is 0.280 e. The number of rotatable bonds is 6. The number of phenolic OH excluding ortho intramolecular Hbond substituents is 1. The number of nitrogens with zero attached hydrogens (tertiary/aromatic N) is 1. The first-order valence-corrected chi connectivity index (χ1v) is 10.9. The van der Waals surface area contributed by atoms with Gasteiger partial charge in [-0.25, -0.2) is 5.01 Å². The van der Waals surface area contributed by atoms with Crippen LogP contribution in [0.2, 0.25) is 0 Å². The molecule has 1 fully saturated rings. The zero-order chi connectivity index (χ0) is 22.5. The van der Waals surface area contributed by atoms with Crippen LogP contribution in [0.3, 0.4) is 0 Å². The Hall–Kier alpha value is -3.71. The van der Waals surface area contributed by atoms with Crippen LogP contribution in [0, 0.1) is 0 Å². The number of aromatic hydroxyl groups is 1. The first kappa shape index (κ1) is 21.5. The summed E-state index contributed by atoms with van der Waals surface area (Å²) in [6.45, 7) is 0. The molecule has 0 aliphatic carbocycles. The highest BCUT2D eigenvalue weighted by atomic mass is 32.2. The van der Waals surface area contributed by atoms with Crippen molar-refractivity contribution in [3.63, 3.8) is 0 Å². The summed E-state index contributed by atoms with van der Waals surface area (Å²) >= 11 is 1.36. The number of methoxy groups -OCH3 is 1. The minimum Gasteiger partial charge on any atom is -0.508 e. The molecule has 1 heterocycles. The fraction of sp³-hybridized carbons (Fsp3) is 0.120. The summed E-state index contributed by atoms with van der Waals surface area (Å²) in [4.78, 5) is 26.4. The second-order valence-electron chi connectivity index (χ2n) is 7.22. The van der Waals surface area contributed by atoms with E-state index in [4.69, 9.17) is 4.74 Å². The molecule has 0 aromatic heterocycles. The van der Waals surface area contributed by atoms with Crippen molar-refractivity contribution in [2.45, 2.75) is 11.8 Å². The van der Waals surface area contributed by atoms with Crippen LogP contribution in [0.5, 0.6) is 11.5 Å². The van der Waals surface area contributed by atoms with E-state index in [0.717, 1.165) is 16.7 Å². The topological polar surface area (TPSA) is 78.9 Å². The van der Waals surface area contributed by atoms with Crippen molar-refractivity contribution in [1.29, 1.82) is 0 Å². The van der Waals surface area contributed by atoms with Gasteiger partial charge in [0.2, 0.25) is 5.91 Å². The van der Waals surface area contributed by atoms with Gasteiger partial charge in [0, 0.05) is 0 Å². The number of amides is 2. The van der Waals surface area contributed by atoms with Crippen LogP contribution in [-0.2, 0) is 16.0 Å². The third-order valence-corrected chi connectivity index (χ3v) is 6.20. The van der Waals surface area contributed by atoms with Crippen molar-refractivity contribution in [3.05, 3.63) is 100 Å². The summed E-state index contributed by atoms with van der Waals surface area (Å²) in [5, 5.41) is 10.5. The molecule has 1 unspecified atom stereocenters. The number of phenols is 1. The van der Waals surface area contributed by atoms with Crippen molar-refractivity contribution in [3.8, 4) is 11.5 Å². The van der Waals surface area contributed by atoms with Gasteiger partial charge in [0.05, 0.1) is 18.4 Å². The van der Waals surface area contributed by atoms with Crippen LogP contribution in [0.15, 0.2) is 83.8 Å². The second-order valence-corrected chi connectivity index (χ2v) is 8.34. The summed E-state index contributed by atoms with van der Waals surface area (Å²) in [5.41, 5.74) is 5.30. The molecule has 1 aliphatic rings. The molecule has 6 nitrogen and oxygen atoms in total. The van der Waals surface area contributed by atoms with E-state index in [1.807, 2.05) is 54.6 Å². The quantitative estimate of drug-likeness (QED) is 0.553. The number of hydrazine groups is 1. The zero-order valence-electron chi connectivity index (χ0n) is 17.4. The van der Waals surface area contributed by atoms with Crippen molar-refractivity contribution in [2.24, 2.45) is 0 Å². The summed E-state index contributed by atoms with van der Waals surface area (Å²) in [6.07, 6.45) is 1.92.